The normalized spacial score (nSPS) is 14.9. The van der Waals surface area contributed by atoms with Gasteiger partial charge in [-0.2, -0.15) is 13.2 Å². The van der Waals surface area contributed by atoms with Crippen molar-refractivity contribution in [3.63, 3.8) is 0 Å². The van der Waals surface area contributed by atoms with Crippen LogP contribution in [0.1, 0.15) is 23.7 Å². The first kappa shape index (κ1) is 19.0. The fourth-order valence-electron chi connectivity index (χ4n) is 2.74. The van der Waals surface area contributed by atoms with Gasteiger partial charge in [-0.05, 0) is 42.8 Å². The molecule has 1 aromatic heterocycles. The number of benzene rings is 2. The van der Waals surface area contributed by atoms with Gasteiger partial charge in [0.1, 0.15) is 0 Å². The summed E-state index contributed by atoms with van der Waals surface area (Å²) < 4.78 is 41.2. The smallest absolute Gasteiger partial charge is 0.376 e. The highest BCUT2D eigenvalue weighted by molar-refractivity contribution is 9.10. The second-order valence-corrected chi connectivity index (χ2v) is 7.41. The SMILES string of the molecule is CC(O)(c1c(C=Cc2ccc(Cl)cc2)[nH]c2cc(Br)ccc12)C(F)(F)F. The number of hydrogen-bond acceptors (Lipinski definition) is 1. The third-order valence-corrected chi connectivity index (χ3v) is 4.89. The van der Waals surface area contributed by atoms with Gasteiger partial charge in [-0.3, -0.25) is 0 Å². The molecule has 0 radical (unpaired) electrons. The van der Waals surface area contributed by atoms with Crippen molar-refractivity contribution in [2.24, 2.45) is 0 Å². The van der Waals surface area contributed by atoms with Crippen LogP contribution in [0.15, 0.2) is 46.9 Å². The summed E-state index contributed by atoms with van der Waals surface area (Å²) in [7, 11) is 0. The lowest BCUT2D eigenvalue weighted by Gasteiger charge is -2.27. The summed E-state index contributed by atoms with van der Waals surface area (Å²) in [6.07, 6.45) is -1.64. The van der Waals surface area contributed by atoms with E-state index in [1.807, 2.05) is 0 Å². The standard InChI is InChI=1S/C19H14BrClF3NO/c1-18(26,19(22,23)24)17-14-8-5-12(20)10-16(14)25-15(17)9-4-11-2-6-13(21)7-3-11/h2-10,25-26H,1H3. The largest absolute Gasteiger partial charge is 0.421 e. The fraction of sp³-hybridized carbons (Fsp3) is 0.158. The van der Waals surface area contributed by atoms with E-state index in [4.69, 9.17) is 11.6 Å². The number of fused-ring (bicyclic) bond motifs is 1. The maximum Gasteiger partial charge on any atom is 0.421 e. The van der Waals surface area contributed by atoms with Gasteiger partial charge in [0.15, 0.2) is 5.60 Å². The number of aromatic nitrogens is 1. The average Bonchev–Trinajstić information content (AvgIpc) is 2.91. The minimum atomic E-state index is -4.82. The number of rotatable bonds is 3. The van der Waals surface area contributed by atoms with Crippen LogP contribution in [0.2, 0.25) is 5.02 Å². The van der Waals surface area contributed by atoms with E-state index < -0.39 is 11.8 Å². The van der Waals surface area contributed by atoms with Crippen molar-refractivity contribution in [3.8, 4) is 0 Å². The Morgan fingerprint density at radius 3 is 2.35 bits per heavy atom. The van der Waals surface area contributed by atoms with Crippen LogP contribution in [-0.2, 0) is 5.60 Å². The van der Waals surface area contributed by atoms with Crippen LogP contribution in [0.4, 0.5) is 13.2 Å². The summed E-state index contributed by atoms with van der Waals surface area (Å²) in [5.41, 5.74) is -1.76. The first-order valence-corrected chi connectivity index (χ1v) is 8.81. The minimum Gasteiger partial charge on any atom is -0.376 e. The maximum absolute atomic E-state index is 13.5. The highest BCUT2D eigenvalue weighted by atomic mass is 79.9. The molecular weight excluding hydrogens is 431 g/mol. The molecule has 0 saturated heterocycles. The average molecular weight is 445 g/mol. The second kappa shape index (κ2) is 6.76. The van der Waals surface area contributed by atoms with Crippen molar-refractivity contribution >= 4 is 50.6 Å². The molecule has 2 nitrogen and oxygen atoms in total. The number of hydrogen-bond donors (Lipinski definition) is 2. The number of H-pyrrole nitrogens is 1. The molecule has 3 aromatic rings. The molecule has 2 N–H and O–H groups in total. The molecule has 136 valence electrons. The van der Waals surface area contributed by atoms with E-state index in [9.17, 15) is 18.3 Å². The highest BCUT2D eigenvalue weighted by Crippen LogP contribution is 2.44. The molecule has 0 aliphatic carbocycles. The maximum atomic E-state index is 13.5. The Labute approximate surface area is 161 Å². The molecule has 1 heterocycles. The van der Waals surface area contributed by atoms with Crippen molar-refractivity contribution in [3.05, 3.63) is 68.8 Å². The number of aliphatic hydroxyl groups is 1. The van der Waals surface area contributed by atoms with Gasteiger partial charge in [0.2, 0.25) is 0 Å². The predicted octanol–water partition coefficient (Wildman–Crippen LogP) is 6.52. The highest BCUT2D eigenvalue weighted by Gasteiger charge is 2.53. The van der Waals surface area contributed by atoms with E-state index in [1.165, 1.54) is 6.08 Å². The van der Waals surface area contributed by atoms with Crippen molar-refractivity contribution in [2.75, 3.05) is 0 Å². The zero-order valence-corrected chi connectivity index (χ0v) is 15.9. The molecule has 3 rings (SSSR count). The first-order valence-electron chi connectivity index (χ1n) is 7.64. The van der Waals surface area contributed by atoms with Crippen LogP contribution in [0, 0.1) is 0 Å². The summed E-state index contributed by atoms with van der Waals surface area (Å²) >= 11 is 9.14. The summed E-state index contributed by atoms with van der Waals surface area (Å²) in [4.78, 5) is 2.96. The lowest BCUT2D eigenvalue weighted by Crippen LogP contribution is -2.39. The van der Waals surface area contributed by atoms with Crippen molar-refractivity contribution in [1.29, 1.82) is 0 Å². The van der Waals surface area contributed by atoms with Gasteiger partial charge in [-0.15, -0.1) is 0 Å². The van der Waals surface area contributed by atoms with Gasteiger partial charge in [0, 0.05) is 31.7 Å². The van der Waals surface area contributed by atoms with E-state index in [-0.39, 0.29) is 11.3 Å². The lowest BCUT2D eigenvalue weighted by molar-refractivity contribution is -0.258. The van der Waals surface area contributed by atoms with E-state index in [0.29, 0.717) is 15.9 Å². The van der Waals surface area contributed by atoms with Crippen LogP contribution >= 0.6 is 27.5 Å². The second-order valence-electron chi connectivity index (χ2n) is 6.06. The summed E-state index contributed by atoms with van der Waals surface area (Å²) in [6.45, 7) is 0.761. The van der Waals surface area contributed by atoms with Crippen LogP contribution in [0.25, 0.3) is 23.1 Å². The fourth-order valence-corrected chi connectivity index (χ4v) is 3.22. The molecule has 7 heteroatoms. The summed E-state index contributed by atoms with van der Waals surface area (Å²) in [5.74, 6) is 0. The Morgan fingerprint density at radius 2 is 1.73 bits per heavy atom. The van der Waals surface area contributed by atoms with Crippen molar-refractivity contribution in [1.82, 2.24) is 4.98 Å². The third kappa shape index (κ3) is 3.54. The van der Waals surface area contributed by atoms with Crippen molar-refractivity contribution in [2.45, 2.75) is 18.7 Å². The van der Waals surface area contributed by atoms with E-state index in [2.05, 4.69) is 20.9 Å². The number of halogens is 5. The molecule has 0 aliphatic heterocycles. The van der Waals surface area contributed by atoms with Gasteiger partial charge in [-0.25, -0.2) is 0 Å². The Hall–Kier alpha value is -1.76. The van der Waals surface area contributed by atoms with Gasteiger partial charge in [-0.1, -0.05) is 51.8 Å². The van der Waals surface area contributed by atoms with Gasteiger partial charge in [0.05, 0.1) is 0 Å². The number of alkyl halides is 3. The first-order chi connectivity index (χ1) is 12.1. The molecule has 0 spiro atoms. The zero-order valence-electron chi connectivity index (χ0n) is 13.5. The molecular formula is C19H14BrClF3NO. The number of aromatic amines is 1. The van der Waals surface area contributed by atoms with Crippen LogP contribution in [0.3, 0.4) is 0 Å². The van der Waals surface area contributed by atoms with Crippen LogP contribution in [0.5, 0.6) is 0 Å². The van der Waals surface area contributed by atoms with Gasteiger partial charge < -0.3 is 10.1 Å². The summed E-state index contributed by atoms with van der Waals surface area (Å²) in [5, 5.41) is 11.2. The van der Waals surface area contributed by atoms with Crippen LogP contribution < -0.4 is 0 Å². The molecule has 0 bridgehead atoms. The van der Waals surface area contributed by atoms with E-state index >= 15 is 0 Å². The minimum absolute atomic E-state index is 0.190. The molecule has 1 unspecified atom stereocenters. The quantitative estimate of drug-likeness (QED) is 0.474. The van der Waals surface area contributed by atoms with E-state index in [1.54, 1.807) is 48.5 Å². The van der Waals surface area contributed by atoms with Gasteiger partial charge in [0.25, 0.3) is 0 Å². The molecule has 0 saturated carbocycles. The van der Waals surface area contributed by atoms with Crippen LogP contribution in [-0.4, -0.2) is 16.3 Å². The molecule has 1 atom stereocenters. The molecule has 2 aromatic carbocycles. The zero-order chi connectivity index (χ0) is 19.1. The van der Waals surface area contributed by atoms with E-state index in [0.717, 1.165) is 17.0 Å². The topological polar surface area (TPSA) is 36.0 Å². The number of nitrogens with one attached hydrogen (secondary N) is 1. The Balaban J connectivity index is 2.18. The van der Waals surface area contributed by atoms with Gasteiger partial charge >= 0.3 is 6.18 Å². The molecule has 0 amide bonds. The van der Waals surface area contributed by atoms with Crippen molar-refractivity contribution < 1.29 is 18.3 Å². The summed E-state index contributed by atoms with van der Waals surface area (Å²) in [6, 6.07) is 11.7. The molecule has 0 fully saturated rings. The Morgan fingerprint density at radius 1 is 1.08 bits per heavy atom. The monoisotopic (exact) mass is 443 g/mol. The Bertz CT molecular complexity index is 975. The predicted molar refractivity (Wildman–Crippen MR) is 102 cm³/mol. The Kier molecular flexibility index (Phi) is 4.94. The third-order valence-electron chi connectivity index (χ3n) is 4.14. The lowest BCUT2D eigenvalue weighted by atomic mass is 9.92. The molecule has 0 aliphatic rings. The molecule has 26 heavy (non-hydrogen) atoms.